The van der Waals surface area contributed by atoms with Gasteiger partial charge in [-0.2, -0.15) is 9.97 Å². The van der Waals surface area contributed by atoms with Crippen molar-refractivity contribution in [3.63, 3.8) is 0 Å². The highest BCUT2D eigenvalue weighted by molar-refractivity contribution is 6.26. The van der Waals surface area contributed by atoms with Crippen molar-refractivity contribution in [2.45, 2.75) is 0 Å². The summed E-state index contributed by atoms with van der Waals surface area (Å²) >= 11 is 0. The Bertz CT molecular complexity index is 9180. The monoisotopic (exact) mass is 1750 g/mol. The fraction of sp³-hybridized carbons (Fsp3) is 0. The third-order valence-electron chi connectivity index (χ3n) is 26.1. The zero-order valence-electron chi connectivity index (χ0n) is 74.1. The van der Waals surface area contributed by atoms with E-state index in [0.29, 0.717) is 52.5 Å². The van der Waals surface area contributed by atoms with Gasteiger partial charge in [0.2, 0.25) is 5.95 Å². The second-order valence-electron chi connectivity index (χ2n) is 34.3. The third kappa shape index (κ3) is 15.0. The van der Waals surface area contributed by atoms with Crippen molar-refractivity contribution in [2.75, 3.05) is 0 Å². The van der Waals surface area contributed by atoms with Gasteiger partial charge in [0, 0.05) is 88.2 Å². The molecule has 0 atom stereocenters. The Kier molecular flexibility index (Phi) is 20.3. The van der Waals surface area contributed by atoms with Gasteiger partial charge >= 0.3 is 0 Å². The van der Waals surface area contributed by atoms with Gasteiger partial charge in [-0.05, 0) is 167 Å². The first-order chi connectivity index (χ1) is 67.9. The van der Waals surface area contributed by atoms with Gasteiger partial charge in [0.1, 0.15) is 0 Å². The van der Waals surface area contributed by atoms with Crippen molar-refractivity contribution < 1.29 is 0 Å². The van der Waals surface area contributed by atoms with Crippen LogP contribution < -0.4 is 0 Å². The molecule has 0 aliphatic carbocycles. The maximum absolute atomic E-state index is 5.18. The van der Waals surface area contributed by atoms with E-state index < -0.39 is 0 Å². The van der Waals surface area contributed by atoms with Crippen molar-refractivity contribution in [1.29, 1.82) is 0 Å². The van der Waals surface area contributed by atoms with Crippen LogP contribution in [0, 0.1) is 0 Å². The maximum Gasteiger partial charge on any atom is 0.238 e. The Balaban J connectivity index is 0.000000110. The average molecular weight is 1750 g/mol. The largest absolute Gasteiger partial charge is 0.309 e. The molecule has 6 heterocycles. The van der Waals surface area contributed by atoms with Crippen molar-refractivity contribution in [3.8, 4) is 131 Å². The molecule has 12 heteroatoms. The summed E-state index contributed by atoms with van der Waals surface area (Å²) in [7, 11) is 0. The molecular formula is C125H80N12. The van der Waals surface area contributed by atoms with E-state index >= 15 is 0 Å². The number of hydrogen-bond donors (Lipinski definition) is 0. The van der Waals surface area contributed by atoms with Crippen LogP contribution in [0.15, 0.2) is 485 Å². The van der Waals surface area contributed by atoms with E-state index in [1.807, 2.05) is 78.9 Å². The number of rotatable bonds is 13. The molecule has 0 saturated carbocycles. The molecule has 0 N–H and O–H groups in total. The molecule has 21 aromatic carbocycles. The molecule has 0 unspecified atom stereocenters. The number of nitrogens with zero attached hydrogens (tertiary/aromatic N) is 12. The summed E-state index contributed by atoms with van der Waals surface area (Å²) in [5.74, 6) is 5.75. The molecule has 0 radical (unpaired) electrons. The molecule has 0 saturated heterocycles. The SMILES string of the molecule is c1ccc(-c2nc(-c3ccc(-c4ccc5ccccc5c4)cc3)nc(-c3ccc(-n4c5ccccc5c5ccccc54)cc3)n2)cc1.c1ccc(-c2nc(-c3ccc(-c4ccc5ccccc5c4)cc3)nc(-n3c4ccccc4c4ccccc43)n2)cc1.c1ccc(-c2nc(-c3ccc4c5ccccc5c5ccccc5c4c3)nc(-c3ccc4c5ccccc5n(-c5ccccc5)c4c3)n2)cc1. The maximum atomic E-state index is 5.18. The van der Waals surface area contributed by atoms with Crippen LogP contribution in [0.3, 0.4) is 0 Å². The van der Waals surface area contributed by atoms with Crippen molar-refractivity contribution in [1.82, 2.24) is 58.6 Å². The van der Waals surface area contributed by atoms with Crippen LogP contribution in [0.4, 0.5) is 0 Å². The molecule has 0 spiro atoms. The van der Waals surface area contributed by atoms with Gasteiger partial charge in [-0.1, -0.05) is 394 Å². The predicted molar refractivity (Wildman–Crippen MR) is 564 cm³/mol. The van der Waals surface area contributed by atoms with Crippen molar-refractivity contribution >= 4 is 119 Å². The topological polar surface area (TPSA) is 131 Å². The standard InChI is InChI=1S/C45H28N4.C43H28N4.C37H24N4/c1-3-13-29(14-4-1)43-46-44(30-23-25-37-35-19-8-7-17-33(35)34-18-9-10-20-36(34)40(37)27-30)48-45(47-43)31-24-26-39-38-21-11-12-22-41(38)49(42(39)28-31)32-15-5-2-6-16-32;1-2-11-31(12-3-1)41-44-42(32-21-18-30(19-22-32)35-23-20-29-10-4-5-13-34(29)28-35)46-43(45-41)33-24-26-36(27-25-33)47-39-16-8-6-14-37(39)38-15-7-9-17-40(38)47;1-2-11-27(12-3-1)35-38-36(28-21-18-26(19-22-28)30-23-20-25-10-4-5-13-29(25)24-30)40-37(39-35)41-33-16-8-6-14-31(33)32-15-7-9-17-34(32)41/h1-28H;1-28H;1-24H. The minimum absolute atomic E-state index is 0.602. The van der Waals surface area contributed by atoms with Crippen LogP contribution >= 0.6 is 0 Å². The summed E-state index contributed by atoms with van der Waals surface area (Å²) in [6.07, 6.45) is 0. The summed E-state index contributed by atoms with van der Waals surface area (Å²) in [6, 6.07) is 169. The predicted octanol–water partition coefficient (Wildman–Crippen LogP) is 31.3. The highest BCUT2D eigenvalue weighted by Crippen LogP contribution is 2.42. The van der Waals surface area contributed by atoms with Gasteiger partial charge in [-0.3, -0.25) is 4.57 Å². The highest BCUT2D eigenvalue weighted by atomic mass is 15.2. The third-order valence-corrected chi connectivity index (χ3v) is 26.1. The van der Waals surface area contributed by atoms with Gasteiger partial charge < -0.3 is 9.13 Å². The lowest BCUT2D eigenvalue weighted by atomic mass is 9.93. The minimum Gasteiger partial charge on any atom is -0.309 e. The molecule has 0 bridgehead atoms. The Morgan fingerprint density at radius 1 is 0.117 bits per heavy atom. The molecule has 6 aromatic heterocycles. The Hall–Kier alpha value is -18.7. The molecule has 0 aliphatic heterocycles. The second kappa shape index (κ2) is 34.6. The van der Waals surface area contributed by atoms with Crippen LogP contribution in [-0.2, 0) is 0 Å². The van der Waals surface area contributed by atoms with Crippen LogP contribution in [0.1, 0.15) is 0 Å². The normalized spacial score (nSPS) is 11.5. The number of hydrogen-bond acceptors (Lipinski definition) is 9. The summed E-state index contributed by atoms with van der Waals surface area (Å²) < 4.78 is 6.79. The molecule has 640 valence electrons. The van der Waals surface area contributed by atoms with E-state index in [4.69, 9.17) is 44.9 Å². The van der Waals surface area contributed by atoms with Gasteiger partial charge in [0.25, 0.3) is 0 Å². The van der Waals surface area contributed by atoms with E-state index in [2.05, 4.69) is 420 Å². The lowest BCUT2D eigenvalue weighted by molar-refractivity contribution is 0.953. The molecule has 0 fully saturated rings. The molecule has 137 heavy (non-hydrogen) atoms. The first kappa shape index (κ1) is 80.4. The van der Waals surface area contributed by atoms with E-state index in [1.54, 1.807) is 0 Å². The second-order valence-corrected chi connectivity index (χ2v) is 34.3. The molecule has 27 rings (SSSR count). The number of benzene rings is 21. The smallest absolute Gasteiger partial charge is 0.238 e. The Morgan fingerprint density at radius 2 is 0.350 bits per heavy atom. The van der Waals surface area contributed by atoms with Crippen LogP contribution in [0.2, 0.25) is 0 Å². The van der Waals surface area contributed by atoms with Crippen LogP contribution in [-0.4, -0.2) is 58.6 Å². The van der Waals surface area contributed by atoms with E-state index in [1.165, 1.54) is 108 Å². The van der Waals surface area contributed by atoms with E-state index in [-0.39, 0.29) is 0 Å². The Morgan fingerprint density at radius 3 is 0.737 bits per heavy atom. The minimum atomic E-state index is 0.602. The fourth-order valence-corrected chi connectivity index (χ4v) is 19.5. The molecule has 12 nitrogen and oxygen atoms in total. The number of para-hydroxylation sites is 6. The van der Waals surface area contributed by atoms with Crippen molar-refractivity contribution in [2.24, 2.45) is 0 Å². The summed E-state index contributed by atoms with van der Waals surface area (Å²) in [5, 5.41) is 19.5. The first-order valence-electron chi connectivity index (χ1n) is 46.0. The highest BCUT2D eigenvalue weighted by Gasteiger charge is 2.23. The summed E-state index contributed by atoms with van der Waals surface area (Å²) in [6.45, 7) is 0. The molecule has 0 amide bonds. The lowest BCUT2D eigenvalue weighted by Crippen LogP contribution is -2.06. The molecule has 27 aromatic rings. The first-order valence-corrected chi connectivity index (χ1v) is 46.0. The van der Waals surface area contributed by atoms with Crippen molar-refractivity contribution in [3.05, 3.63) is 485 Å². The lowest BCUT2D eigenvalue weighted by Gasteiger charge is -2.13. The average Bonchev–Trinajstić information content (AvgIpc) is 1.75. The summed E-state index contributed by atoms with van der Waals surface area (Å²) in [4.78, 5) is 45.3. The van der Waals surface area contributed by atoms with Crippen LogP contribution in [0.25, 0.3) is 250 Å². The zero-order valence-corrected chi connectivity index (χ0v) is 74.1. The number of fused-ring (bicyclic) bond motifs is 17. The van der Waals surface area contributed by atoms with E-state index in [9.17, 15) is 0 Å². The van der Waals surface area contributed by atoms with E-state index in [0.717, 1.165) is 89.1 Å². The van der Waals surface area contributed by atoms with Gasteiger partial charge in [-0.25, -0.2) is 34.9 Å². The van der Waals surface area contributed by atoms with Gasteiger partial charge in [-0.15, -0.1) is 0 Å². The van der Waals surface area contributed by atoms with Gasteiger partial charge in [0.15, 0.2) is 46.6 Å². The fourth-order valence-electron chi connectivity index (χ4n) is 19.5. The quantitative estimate of drug-likeness (QED) is 0.104. The zero-order chi connectivity index (χ0) is 90.6. The van der Waals surface area contributed by atoms with Crippen LogP contribution in [0.5, 0.6) is 0 Å². The number of aromatic nitrogens is 12. The molecule has 0 aliphatic rings. The van der Waals surface area contributed by atoms with Gasteiger partial charge in [0.05, 0.1) is 33.1 Å². The summed E-state index contributed by atoms with van der Waals surface area (Å²) in [5.41, 5.74) is 21.2. The Labute approximate surface area is 788 Å². The molecular weight excluding hydrogens is 1670 g/mol.